The van der Waals surface area contributed by atoms with Gasteiger partial charge in [0.2, 0.25) is 0 Å². The van der Waals surface area contributed by atoms with E-state index in [1.54, 1.807) is 24.3 Å². The van der Waals surface area contributed by atoms with E-state index in [9.17, 15) is 15.1 Å². The number of unbranched alkanes of at least 4 members (excludes halogenated alkanes) is 10. The maximum atomic E-state index is 13.6. The standard InChI is InChI=1S/C32H46NO4/c1-4-5-6-7-8-9-10-11-12-13-14-25-37-29-21-19-28(20-22-29)32(3)24-23-31(2,33(32)36)27-17-15-26(16-18-27)30(34)35/h15-22H,4-14,23-25H2,1-3H3,(H,34,35)/t31-,32-/m0/s1. The van der Waals surface area contributed by atoms with E-state index < -0.39 is 17.0 Å². The van der Waals surface area contributed by atoms with Gasteiger partial charge in [0.1, 0.15) is 5.75 Å². The molecule has 3 rings (SSSR count). The molecule has 2 aromatic carbocycles. The Morgan fingerprint density at radius 2 is 1.19 bits per heavy atom. The van der Waals surface area contributed by atoms with Crippen LogP contribution in [0.1, 0.15) is 126 Å². The second-order valence-corrected chi connectivity index (χ2v) is 11.1. The fraction of sp³-hybridized carbons (Fsp3) is 0.594. The molecule has 1 saturated heterocycles. The van der Waals surface area contributed by atoms with E-state index in [4.69, 9.17) is 4.74 Å². The van der Waals surface area contributed by atoms with Gasteiger partial charge in [0, 0.05) is 0 Å². The highest BCUT2D eigenvalue weighted by molar-refractivity contribution is 5.87. The fourth-order valence-electron chi connectivity index (χ4n) is 5.60. The molecule has 0 spiro atoms. The number of aromatic carboxylic acids is 1. The van der Waals surface area contributed by atoms with Crippen LogP contribution < -0.4 is 4.74 Å². The minimum atomic E-state index is -0.960. The molecule has 0 saturated carbocycles. The Morgan fingerprint density at radius 1 is 0.757 bits per heavy atom. The Labute approximate surface area is 223 Å². The third-order valence-electron chi connectivity index (χ3n) is 8.24. The normalized spacial score (nSPS) is 21.8. The van der Waals surface area contributed by atoms with Crippen molar-refractivity contribution in [3.05, 3.63) is 65.2 Å². The van der Waals surface area contributed by atoms with E-state index >= 15 is 0 Å². The summed E-state index contributed by atoms with van der Waals surface area (Å²) in [5.41, 5.74) is 0.720. The third-order valence-corrected chi connectivity index (χ3v) is 8.24. The highest BCUT2D eigenvalue weighted by atomic mass is 16.5. The molecule has 1 N–H and O–H groups in total. The summed E-state index contributed by atoms with van der Waals surface area (Å²) in [5, 5.41) is 24.0. The van der Waals surface area contributed by atoms with Crippen molar-refractivity contribution in [3.8, 4) is 5.75 Å². The molecule has 0 bridgehead atoms. The topological polar surface area (TPSA) is 69.7 Å². The summed E-state index contributed by atoms with van der Waals surface area (Å²) in [7, 11) is 0. The van der Waals surface area contributed by atoms with Gasteiger partial charge in [-0.05, 0) is 68.5 Å². The lowest BCUT2D eigenvalue weighted by molar-refractivity contribution is -0.260. The number of hydroxylamine groups is 2. The van der Waals surface area contributed by atoms with Crippen LogP contribution >= 0.6 is 0 Å². The summed E-state index contributed by atoms with van der Waals surface area (Å²) in [6.45, 7) is 6.94. The first-order valence-corrected chi connectivity index (χ1v) is 14.4. The van der Waals surface area contributed by atoms with Crippen molar-refractivity contribution in [2.24, 2.45) is 0 Å². The molecule has 1 aliphatic heterocycles. The van der Waals surface area contributed by atoms with Gasteiger partial charge in [0.05, 0.1) is 23.2 Å². The van der Waals surface area contributed by atoms with Gasteiger partial charge in [-0.3, -0.25) is 0 Å². The van der Waals surface area contributed by atoms with Crippen molar-refractivity contribution in [2.45, 2.75) is 115 Å². The SMILES string of the molecule is CCCCCCCCCCCCCOc1ccc([C@]2(C)CC[C@@](C)(c3ccc(C(=O)O)cc3)N2[O])cc1. The van der Waals surface area contributed by atoms with Gasteiger partial charge in [0.25, 0.3) is 0 Å². The number of ether oxygens (including phenoxy) is 1. The smallest absolute Gasteiger partial charge is 0.335 e. The molecule has 0 unspecified atom stereocenters. The summed E-state index contributed by atoms with van der Waals surface area (Å²) in [6.07, 6.45) is 15.9. The van der Waals surface area contributed by atoms with E-state index in [-0.39, 0.29) is 5.56 Å². The average molecular weight is 509 g/mol. The number of hydrogen-bond acceptors (Lipinski definition) is 3. The van der Waals surface area contributed by atoms with Crippen LogP contribution in [0.4, 0.5) is 0 Å². The number of hydrogen-bond donors (Lipinski definition) is 1. The highest BCUT2D eigenvalue weighted by Crippen LogP contribution is 2.51. The van der Waals surface area contributed by atoms with E-state index in [0.29, 0.717) is 6.42 Å². The summed E-state index contributed by atoms with van der Waals surface area (Å²) in [4.78, 5) is 11.2. The minimum absolute atomic E-state index is 0.231. The van der Waals surface area contributed by atoms with Gasteiger partial charge in [0.15, 0.2) is 0 Å². The van der Waals surface area contributed by atoms with Crippen LogP contribution in [0.15, 0.2) is 48.5 Å². The molecule has 0 aliphatic carbocycles. The first-order chi connectivity index (χ1) is 17.8. The number of carbonyl (C=O) groups is 1. The predicted octanol–water partition coefficient (Wildman–Crippen LogP) is 8.65. The molecule has 1 radical (unpaired) electrons. The maximum Gasteiger partial charge on any atom is 0.335 e. The van der Waals surface area contributed by atoms with Crippen LogP contribution in [0.25, 0.3) is 0 Å². The first kappa shape index (κ1) is 29.2. The van der Waals surface area contributed by atoms with Crippen molar-refractivity contribution >= 4 is 5.97 Å². The minimum Gasteiger partial charge on any atom is -0.494 e. The van der Waals surface area contributed by atoms with Crippen LogP contribution in [-0.2, 0) is 16.3 Å². The third kappa shape index (κ3) is 7.58. The Balaban J connectivity index is 1.42. The van der Waals surface area contributed by atoms with Crippen LogP contribution in [0.5, 0.6) is 5.75 Å². The van der Waals surface area contributed by atoms with Gasteiger partial charge >= 0.3 is 5.97 Å². The molecule has 5 nitrogen and oxygen atoms in total. The zero-order valence-corrected chi connectivity index (χ0v) is 23.1. The summed E-state index contributed by atoms with van der Waals surface area (Å²) >= 11 is 0. The molecular weight excluding hydrogens is 462 g/mol. The lowest BCUT2D eigenvalue weighted by Crippen LogP contribution is -2.44. The van der Waals surface area contributed by atoms with Crippen LogP contribution in [0.3, 0.4) is 0 Å². The monoisotopic (exact) mass is 508 g/mol. The second-order valence-electron chi connectivity index (χ2n) is 11.1. The van der Waals surface area contributed by atoms with Gasteiger partial charge < -0.3 is 9.84 Å². The molecule has 1 heterocycles. The van der Waals surface area contributed by atoms with Crippen molar-refractivity contribution in [1.29, 1.82) is 0 Å². The molecule has 0 amide bonds. The van der Waals surface area contributed by atoms with Crippen molar-refractivity contribution in [2.75, 3.05) is 6.61 Å². The molecular formula is C32H46NO4. The van der Waals surface area contributed by atoms with Crippen molar-refractivity contribution < 1.29 is 19.8 Å². The highest BCUT2D eigenvalue weighted by Gasteiger charge is 2.52. The number of carboxylic acid groups (broad SMARTS) is 1. The molecule has 5 heteroatoms. The Hall–Kier alpha value is -2.37. The van der Waals surface area contributed by atoms with Crippen molar-refractivity contribution in [3.63, 3.8) is 0 Å². The van der Waals surface area contributed by atoms with E-state index in [1.807, 2.05) is 38.1 Å². The molecule has 37 heavy (non-hydrogen) atoms. The zero-order valence-electron chi connectivity index (χ0n) is 23.1. The van der Waals surface area contributed by atoms with Gasteiger partial charge in [-0.25, -0.2) is 4.79 Å². The fourth-order valence-corrected chi connectivity index (χ4v) is 5.60. The van der Waals surface area contributed by atoms with Crippen molar-refractivity contribution in [1.82, 2.24) is 5.06 Å². The lowest BCUT2D eigenvalue weighted by atomic mass is 9.89. The predicted molar refractivity (Wildman–Crippen MR) is 148 cm³/mol. The van der Waals surface area contributed by atoms with Crippen LogP contribution in [0, 0.1) is 0 Å². The van der Waals surface area contributed by atoms with Crippen LogP contribution in [0.2, 0.25) is 0 Å². The first-order valence-electron chi connectivity index (χ1n) is 14.4. The van der Waals surface area contributed by atoms with Gasteiger partial charge in [-0.2, -0.15) is 0 Å². The average Bonchev–Trinajstić information content (AvgIpc) is 3.15. The Morgan fingerprint density at radius 3 is 1.65 bits per heavy atom. The molecule has 0 aromatic heterocycles. The number of nitrogens with zero attached hydrogens (tertiary/aromatic N) is 1. The molecule has 1 fully saturated rings. The molecule has 2 atom stereocenters. The summed E-state index contributed by atoms with van der Waals surface area (Å²) < 4.78 is 5.97. The lowest BCUT2D eigenvalue weighted by Gasteiger charge is -2.37. The number of benzene rings is 2. The van der Waals surface area contributed by atoms with E-state index in [1.165, 1.54) is 69.3 Å². The number of carboxylic acids is 1. The molecule has 1 aliphatic rings. The van der Waals surface area contributed by atoms with Gasteiger partial charge in [-0.15, -0.1) is 10.3 Å². The van der Waals surface area contributed by atoms with Crippen LogP contribution in [-0.4, -0.2) is 22.7 Å². The zero-order chi connectivity index (χ0) is 26.7. The quantitative estimate of drug-likeness (QED) is 0.230. The Bertz CT molecular complexity index is 958. The summed E-state index contributed by atoms with van der Waals surface area (Å²) in [5.74, 6) is -0.111. The largest absolute Gasteiger partial charge is 0.494 e. The second kappa shape index (κ2) is 14.0. The number of rotatable bonds is 16. The summed E-state index contributed by atoms with van der Waals surface area (Å²) in [6, 6.07) is 14.7. The van der Waals surface area contributed by atoms with E-state index in [0.717, 1.165) is 36.3 Å². The van der Waals surface area contributed by atoms with Gasteiger partial charge in [-0.1, -0.05) is 95.4 Å². The molecule has 2 aromatic rings. The Kier molecular flexibility index (Phi) is 11.0. The maximum absolute atomic E-state index is 13.6. The molecule has 203 valence electrons. The van der Waals surface area contributed by atoms with E-state index in [2.05, 4.69) is 6.92 Å².